The predicted molar refractivity (Wildman–Crippen MR) is 59.7 cm³/mol. The van der Waals surface area contributed by atoms with Gasteiger partial charge in [-0.15, -0.1) is 11.8 Å². The Morgan fingerprint density at radius 2 is 2.20 bits per heavy atom. The van der Waals surface area contributed by atoms with Gasteiger partial charge in [0.25, 0.3) is 0 Å². The Bertz CT molecular complexity index is 402. The van der Waals surface area contributed by atoms with Crippen LogP contribution in [0.1, 0.15) is 15.9 Å². The van der Waals surface area contributed by atoms with Crippen LogP contribution in [0.15, 0.2) is 29.7 Å². The van der Waals surface area contributed by atoms with E-state index in [1.807, 2.05) is 6.26 Å². The summed E-state index contributed by atoms with van der Waals surface area (Å²) in [6.45, 7) is 3.22. The molecule has 0 saturated heterocycles. The van der Waals surface area contributed by atoms with E-state index in [-0.39, 0.29) is 11.1 Å². The lowest BCUT2D eigenvalue weighted by atomic mass is 10.1. The van der Waals surface area contributed by atoms with Crippen LogP contribution in [0, 0.1) is 0 Å². The molecule has 0 heterocycles. The maximum atomic E-state index is 13.2. The first-order valence-corrected chi connectivity index (χ1v) is 5.44. The second-order valence-corrected chi connectivity index (χ2v) is 3.63. The first-order chi connectivity index (χ1) is 7.11. The van der Waals surface area contributed by atoms with Crippen molar-refractivity contribution in [3.05, 3.63) is 35.9 Å². The molecular formula is C11H11FO2S. The Balaban J connectivity index is 3.38. The summed E-state index contributed by atoms with van der Waals surface area (Å²) in [6, 6.07) is 4.94. The second kappa shape index (κ2) is 4.98. The fraction of sp³-hybridized carbons (Fsp3) is 0.182. The number of esters is 1. The average molecular weight is 226 g/mol. The molecule has 2 nitrogen and oxygen atoms in total. The van der Waals surface area contributed by atoms with Crippen LogP contribution in [0.5, 0.6) is 0 Å². The minimum Gasteiger partial charge on any atom is -0.465 e. The van der Waals surface area contributed by atoms with Crippen LogP contribution in [0.2, 0.25) is 0 Å². The number of carbonyl (C=O) groups is 1. The van der Waals surface area contributed by atoms with Gasteiger partial charge in [0.15, 0.2) is 0 Å². The summed E-state index contributed by atoms with van der Waals surface area (Å²) in [4.78, 5) is 12.0. The molecule has 0 saturated carbocycles. The fourth-order valence-corrected chi connectivity index (χ4v) is 1.90. The number of hydrogen-bond acceptors (Lipinski definition) is 3. The van der Waals surface area contributed by atoms with Crippen LogP contribution in [0.3, 0.4) is 0 Å². The molecule has 80 valence electrons. The average Bonchev–Trinajstić information content (AvgIpc) is 2.26. The first kappa shape index (κ1) is 11.8. The summed E-state index contributed by atoms with van der Waals surface area (Å²) in [5, 5.41) is 0. The quantitative estimate of drug-likeness (QED) is 0.585. The summed E-state index contributed by atoms with van der Waals surface area (Å²) in [5.74, 6) is -1.18. The van der Waals surface area contributed by atoms with Crippen LogP contribution in [-0.4, -0.2) is 19.3 Å². The van der Waals surface area contributed by atoms with E-state index in [0.29, 0.717) is 4.90 Å². The highest BCUT2D eigenvalue weighted by Crippen LogP contribution is 2.30. The van der Waals surface area contributed by atoms with E-state index in [9.17, 15) is 9.18 Å². The van der Waals surface area contributed by atoms with E-state index in [1.165, 1.54) is 24.9 Å². The van der Waals surface area contributed by atoms with Gasteiger partial charge in [-0.1, -0.05) is 12.6 Å². The molecule has 0 radical (unpaired) electrons. The number of carbonyl (C=O) groups excluding carboxylic acids is 1. The van der Waals surface area contributed by atoms with Gasteiger partial charge in [0.05, 0.1) is 12.7 Å². The molecule has 0 aliphatic carbocycles. The van der Waals surface area contributed by atoms with Crippen molar-refractivity contribution in [3.63, 3.8) is 0 Å². The maximum Gasteiger partial charge on any atom is 0.338 e. The molecule has 15 heavy (non-hydrogen) atoms. The highest BCUT2D eigenvalue weighted by Gasteiger charge is 2.17. The van der Waals surface area contributed by atoms with Crippen molar-refractivity contribution in [1.29, 1.82) is 0 Å². The molecule has 0 aromatic heterocycles. The maximum absolute atomic E-state index is 13.2. The van der Waals surface area contributed by atoms with Gasteiger partial charge in [0.2, 0.25) is 0 Å². The molecule has 0 unspecified atom stereocenters. The number of thioether (sulfide) groups is 1. The highest BCUT2D eigenvalue weighted by molar-refractivity contribution is 7.98. The highest BCUT2D eigenvalue weighted by atomic mass is 32.2. The van der Waals surface area contributed by atoms with Crippen LogP contribution in [0.25, 0.3) is 5.83 Å². The third kappa shape index (κ3) is 2.39. The third-order valence-corrected chi connectivity index (χ3v) is 2.70. The largest absolute Gasteiger partial charge is 0.465 e. The topological polar surface area (TPSA) is 26.3 Å². The lowest BCUT2D eigenvalue weighted by Gasteiger charge is -2.09. The van der Waals surface area contributed by atoms with Crippen molar-refractivity contribution in [2.75, 3.05) is 13.4 Å². The second-order valence-electron chi connectivity index (χ2n) is 2.78. The van der Waals surface area contributed by atoms with Gasteiger partial charge >= 0.3 is 5.97 Å². The van der Waals surface area contributed by atoms with Gasteiger partial charge in [-0.2, -0.15) is 0 Å². The molecule has 0 atom stereocenters. The van der Waals surface area contributed by atoms with Gasteiger partial charge in [-0.3, -0.25) is 0 Å². The van der Waals surface area contributed by atoms with Gasteiger partial charge in [0.1, 0.15) is 5.83 Å². The Morgan fingerprint density at radius 3 is 2.67 bits per heavy atom. The molecule has 0 fully saturated rings. The smallest absolute Gasteiger partial charge is 0.338 e. The number of methoxy groups -OCH3 is 1. The molecule has 0 aliphatic rings. The minimum atomic E-state index is -0.625. The van der Waals surface area contributed by atoms with Gasteiger partial charge in [0, 0.05) is 10.5 Å². The molecule has 1 aromatic rings. The lowest BCUT2D eigenvalue weighted by Crippen LogP contribution is -2.05. The Morgan fingerprint density at radius 1 is 1.53 bits per heavy atom. The van der Waals surface area contributed by atoms with E-state index in [4.69, 9.17) is 0 Å². The number of hydrogen-bond donors (Lipinski definition) is 0. The van der Waals surface area contributed by atoms with E-state index in [1.54, 1.807) is 12.1 Å². The molecule has 0 bridgehead atoms. The SMILES string of the molecule is C=C(F)c1c(SC)cccc1C(=O)OC. The number of halogens is 1. The summed E-state index contributed by atoms with van der Waals surface area (Å²) in [6.07, 6.45) is 1.81. The van der Waals surface area contributed by atoms with E-state index >= 15 is 0 Å². The van der Waals surface area contributed by atoms with E-state index < -0.39 is 11.8 Å². The Kier molecular flexibility index (Phi) is 3.91. The van der Waals surface area contributed by atoms with Crippen molar-refractivity contribution in [2.24, 2.45) is 0 Å². The molecule has 1 rings (SSSR count). The summed E-state index contributed by atoms with van der Waals surface area (Å²) in [5.41, 5.74) is 0.425. The zero-order chi connectivity index (χ0) is 11.4. The zero-order valence-electron chi connectivity index (χ0n) is 8.54. The summed E-state index contributed by atoms with van der Waals surface area (Å²) < 4.78 is 17.8. The Labute approximate surface area is 92.1 Å². The molecule has 0 aliphatic heterocycles. The monoisotopic (exact) mass is 226 g/mol. The zero-order valence-corrected chi connectivity index (χ0v) is 9.36. The van der Waals surface area contributed by atoms with Gasteiger partial charge < -0.3 is 4.74 Å². The van der Waals surface area contributed by atoms with E-state index in [0.717, 1.165) is 0 Å². The molecule has 4 heteroatoms. The third-order valence-electron chi connectivity index (χ3n) is 1.92. The normalized spacial score (nSPS) is 9.80. The molecule has 0 amide bonds. The van der Waals surface area contributed by atoms with E-state index in [2.05, 4.69) is 11.3 Å². The van der Waals surface area contributed by atoms with Crippen molar-refractivity contribution < 1.29 is 13.9 Å². The predicted octanol–water partition coefficient (Wildman–Crippen LogP) is 3.14. The van der Waals surface area contributed by atoms with Crippen LogP contribution < -0.4 is 0 Å². The van der Waals surface area contributed by atoms with Crippen molar-refractivity contribution >= 4 is 23.6 Å². The molecule has 0 N–H and O–H groups in total. The standard InChI is InChI=1S/C11H11FO2S/c1-7(12)10-8(11(13)14-2)5-4-6-9(10)15-3/h4-6H,1H2,2-3H3. The molecule has 0 spiro atoms. The Hall–Kier alpha value is -1.29. The van der Waals surface area contributed by atoms with Crippen molar-refractivity contribution in [3.8, 4) is 0 Å². The molecule has 1 aromatic carbocycles. The number of ether oxygens (including phenoxy) is 1. The summed E-state index contributed by atoms with van der Waals surface area (Å²) >= 11 is 1.36. The minimum absolute atomic E-state index is 0.205. The van der Waals surface area contributed by atoms with Crippen molar-refractivity contribution in [2.45, 2.75) is 4.90 Å². The lowest BCUT2D eigenvalue weighted by molar-refractivity contribution is 0.0600. The fourth-order valence-electron chi connectivity index (χ4n) is 1.26. The van der Waals surface area contributed by atoms with Crippen LogP contribution >= 0.6 is 11.8 Å². The van der Waals surface area contributed by atoms with Crippen LogP contribution in [-0.2, 0) is 4.74 Å². The summed E-state index contributed by atoms with van der Waals surface area (Å²) in [7, 11) is 1.26. The molecular weight excluding hydrogens is 215 g/mol. The van der Waals surface area contributed by atoms with Gasteiger partial charge in [-0.25, -0.2) is 9.18 Å². The number of benzene rings is 1. The number of rotatable bonds is 3. The van der Waals surface area contributed by atoms with Crippen LogP contribution in [0.4, 0.5) is 4.39 Å². The first-order valence-electron chi connectivity index (χ1n) is 4.22. The van der Waals surface area contributed by atoms with Gasteiger partial charge in [-0.05, 0) is 18.4 Å². The van der Waals surface area contributed by atoms with Crippen molar-refractivity contribution in [1.82, 2.24) is 0 Å².